The molecular formula is C25H21FN6O2S. The SMILES string of the molecule is Cc1cnc(-n2ncc(C(=O)N(C)[C@H](C)c3ccon3)c2-c2cccs2)nc1-c1ccc(F)cc1. The van der Waals surface area contributed by atoms with E-state index in [1.54, 1.807) is 41.0 Å². The van der Waals surface area contributed by atoms with Crippen molar-refractivity contribution in [1.29, 1.82) is 0 Å². The van der Waals surface area contributed by atoms with E-state index in [0.29, 0.717) is 28.6 Å². The number of aromatic nitrogens is 5. The Morgan fingerprint density at radius 2 is 1.97 bits per heavy atom. The molecule has 0 radical (unpaired) electrons. The molecule has 5 rings (SSSR count). The van der Waals surface area contributed by atoms with Gasteiger partial charge in [0, 0.05) is 24.9 Å². The van der Waals surface area contributed by atoms with Crippen LogP contribution in [0.15, 0.2) is 71.0 Å². The molecule has 0 unspecified atom stereocenters. The summed E-state index contributed by atoms with van der Waals surface area (Å²) in [6.45, 7) is 3.77. The molecule has 10 heteroatoms. The molecule has 35 heavy (non-hydrogen) atoms. The van der Waals surface area contributed by atoms with Gasteiger partial charge in [-0.2, -0.15) is 9.78 Å². The molecule has 8 nitrogen and oxygen atoms in total. The Kier molecular flexibility index (Phi) is 5.96. The molecule has 0 saturated carbocycles. The van der Waals surface area contributed by atoms with E-state index >= 15 is 0 Å². The monoisotopic (exact) mass is 488 g/mol. The number of halogens is 1. The van der Waals surface area contributed by atoms with Crippen LogP contribution in [-0.2, 0) is 0 Å². The number of rotatable bonds is 6. The van der Waals surface area contributed by atoms with Gasteiger partial charge in [-0.1, -0.05) is 11.2 Å². The Hall–Kier alpha value is -4.18. The van der Waals surface area contributed by atoms with Crippen molar-refractivity contribution in [3.8, 4) is 27.8 Å². The molecule has 1 amide bonds. The van der Waals surface area contributed by atoms with Gasteiger partial charge < -0.3 is 9.42 Å². The standard InChI is InChI=1S/C25H21FN6O2S/c1-15-13-27-25(29-22(15)17-6-8-18(26)9-7-17)32-23(21-5-4-12-35-21)19(14-28-32)24(33)31(3)16(2)20-10-11-34-30-20/h4-14,16H,1-3H3/t16-/m1/s1. The third-order valence-corrected chi connectivity index (χ3v) is 6.68. The molecule has 176 valence electrons. The van der Waals surface area contributed by atoms with Gasteiger partial charge >= 0.3 is 0 Å². The maximum atomic E-state index is 13.6. The average molecular weight is 489 g/mol. The lowest BCUT2D eigenvalue weighted by Crippen LogP contribution is -2.30. The molecule has 0 N–H and O–H groups in total. The number of carbonyl (C=O) groups excluding carboxylic acids is 1. The van der Waals surface area contributed by atoms with Crippen molar-refractivity contribution in [3.63, 3.8) is 0 Å². The average Bonchev–Trinajstić information content (AvgIpc) is 3.65. The van der Waals surface area contributed by atoms with Gasteiger partial charge in [-0.05, 0) is 55.1 Å². The van der Waals surface area contributed by atoms with Crippen LogP contribution < -0.4 is 0 Å². The second-order valence-electron chi connectivity index (χ2n) is 8.02. The van der Waals surface area contributed by atoms with Crippen molar-refractivity contribution in [2.75, 3.05) is 7.05 Å². The highest BCUT2D eigenvalue weighted by Crippen LogP contribution is 2.32. The number of benzene rings is 1. The summed E-state index contributed by atoms with van der Waals surface area (Å²) < 4.78 is 20.0. The second kappa shape index (κ2) is 9.22. The van der Waals surface area contributed by atoms with Crippen molar-refractivity contribution >= 4 is 17.2 Å². The molecule has 0 saturated heterocycles. The maximum Gasteiger partial charge on any atom is 0.258 e. The molecule has 4 heterocycles. The summed E-state index contributed by atoms with van der Waals surface area (Å²) >= 11 is 1.49. The Bertz CT molecular complexity index is 1460. The molecule has 0 bridgehead atoms. The number of carbonyl (C=O) groups is 1. The maximum absolute atomic E-state index is 13.6. The molecule has 0 fully saturated rings. The predicted molar refractivity (Wildman–Crippen MR) is 130 cm³/mol. The zero-order chi connectivity index (χ0) is 24.5. The van der Waals surface area contributed by atoms with E-state index in [1.165, 1.54) is 35.9 Å². The van der Waals surface area contributed by atoms with Crippen molar-refractivity contribution in [3.05, 3.63) is 89.1 Å². The lowest BCUT2D eigenvalue weighted by molar-refractivity contribution is 0.0738. The summed E-state index contributed by atoms with van der Waals surface area (Å²) in [6.07, 6.45) is 4.71. The van der Waals surface area contributed by atoms with E-state index in [4.69, 9.17) is 9.51 Å². The number of amides is 1. The third kappa shape index (κ3) is 4.24. The summed E-state index contributed by atoms with van der Waals surface area (Å²) in [5.74, 6) is -0.231. The Labute approximate surface area is 204 Å². The molecule has 1 aromatic carbocycles. The highest BCUT2D eigenvalue weighted by Gasteiger charge is 2.28. The van der Waals surface area contributed by atoms with Crippen LogP contribution in [-0.4, -0.2) is 42.8 Å². The zero-order valence-corrected chi connectivity index (χ0v) is 20.0. The Balaban J connectivity index is 1.59. The third-order valence-electron chi connectivity index (χ3n) is 5.81. The van der Waals surface area contributed by atoms with Gasteiger partial charge in [0.25, 0.3) is 11.9 Å². The van der Waals surface area contributed by atoms with Crippen molar-refractivity contribution in [2.45, 2.75) is 19.9 Å². The number of thiophene rings is 1. The van der Waals surface area contributed by atoms with Crippen LogP contribution in [0.2, 0.25) is 0 Å². The Morgan fingerprint density at radius 1 is 1.17 bits per heavy atom. The van der Waals surface area contributed by atoms with Crippen molar-refractivity contribution in [2.24, 2.45) is 0 Å². The highest BCUT2D eigenvalue weighted by atomic mass is 32.1. The summed E-state index contributed by atoms with van der Waals surface area (Å²) in [5.41, 5.74) is 3.91. The minimum absolute atomic E-state index is 0.221. The molecular weight excluding hydrogens is 467 g/mol. The molecule has 1 atom stereocenters. The minimum Gasteiger partial charge on any atom is -0.364 e. The van der Waals surface area contributed by atoms with E-state index in [9.17, 15) is 9.18 Å². The summed E-state index contributed by atoms with van der Waals surface area (Å²) in [7, 11) is 1.71. The molecule has 0 spiro atoms. The first-order valence-corrected chi connectivity index (χ1v) is 11.7. The largest absolute Gasteiger partial charge is 0.364 e. The molecule has 5 aromatic rings. The van der Waals surface area contributed by atoms with E-state index in [1.807, 2.05) is 31.4 Å². The van der Waals surface area contributed by atoms with Gasteiger partial charge in [-0.15, -0.1) is 11.3 Å². The zero-order valence-electron chi connectivity index (χ0n) is 19.2. The lowest BCUT2D eigenvalue weighted by atomic mass is 10.1. The number of hydrogen-bond acceptors (Lipinski definition) is 7. The quantitative estimate of drug-likeness (QED) is 0.321. The van der Waals surface area contributed by atoms with E-state index in [-0.39, 0.29) is 17.8 Å². The fraction of sp³-hybridized carbons (Fsp3) is 0.160. The predicted octanol–water partition coefficient (Wildman–Crippen LogP) is 5.33. The van der Waals surface area contributed by atoms with Crippen LogP contribution in [0.4, 0.5) is 4.39 Å². The summed E-state index contributed by atoms with van der Waals surface area (Å²) in [4.78, 5) is 25.2. The lowest BCUT2D eigenvalue weighted by Gasteiger charge is -2.23. The van der Waals surface area contributed by atoms with Gasteiger partial charge in [-0.25, -0.2) is 14.4 Å². The first kappa shape index (κ1) is 22.6. The van der Waals surface area contributed by atoms with Crippen LogP contribution in [0.5, 0.6) is 0 Å². The summed E-state index contributed by atoms with van der Waals surface area (Å²) in [5, 5.41) is 10.4. The Morgan fingerprint density at radius 3 is 2.66 bits per heavy atom. The van der Waals surface area contributed by atoms with Gasteiger partial charge in [0.1, 0.15) is 23.5 Å². The van der Waals surface area contributed by atoms with E-state index < -0.39 is 0 Å². The van der Waals surface area contributed by atoms with Crippen LogP contribution in [0.3, 0.4) is 0 Å². The van der Waals surface area contributed by atoms with Crippen LogP contribution in [0, 0.1) is 12.7 Å². The fourth-order valence-electron chi connectivity index (χ4n) is 3.74. The molecule has 0 aliphatic heterocycles. The first-order chi connectivity index (χ1) is 16.9. The van der Waals surface area contributed by atoms with Gasteiger partial charge in [-0.3, -0.25) is 4.79 Å². The van der Waals surface area contributed by atoms with E-state index in [2.05, 4.69) is 15.2 Å². The smallest absolute Gasteiger partial charge is 0.258 e. The van der Waals surface area contributed by atoms with Gasteiger partial charge in [0.2, 0.25) is 0 Å². The number of nitrogens with zero attached hydrogens (tertiary/aromatic N) is 6. The van der Waals surface area contributed by atoms with Crippen LogP contribution in [0.1, 0.15) is 34.6 Å². The number of aryl methyl sites for hydroxylation is 1. The first-order valence-electron chi connectivity index (χ1n) is 10.8. The topological polar surface area (TPSA) is 89.9 Å². The van der Waals surface area contributed by atoms with Crippen LogP contribution in [0.25, 0.3) is 27.8 Å². The molecule has 0 aliphatic carbocycles. The van der Waals surface area contributed by atoms with E-state index in [0.717, 1.165) is 16.0 Å². The second-order valence-corrected chi connectivity index (χ2v) is 8.97. The highest BCUT2D eigenvalue weighted by molar-refractivity contribution is 7.13. The van der Waals surface area contributed by atoms with Gasteiger partial charge in [0.15, 0.2) is 0 Å². The summed E-state index contributed by atoms with van der Waals surface area (Å²) in [6, 6.07) is 11.4. The van der Waals surface area contributed by atoms with Crippen LogP contribution >= 0.6 is 11.3 Å². The van der Waals surface area contributed by atoms with Crippen molar-refractivity contribution in [1.82, 2.24) is 29.8 Å². The molecule has 0 aliphatic rings. The van der Waals surface area contributed by atoms with Crippen molar-refractivity contribution < 1.29 is 13.7 Å². The number of hydrogen-bond donors (Lipinski definition) is 0. The minimum atomic E-state index is -0.320. The fourth-order valence-corrected chi connectivity index (χ4v) is 4.51. The van der Waals surface area contributed by atoms with Gasteiger partial charge in [0.05, 0.1) is 28.4 Å². The normalized spacial score (nSPS) is 12.0. The molecule has 4 aromatic heterocycles.